The van der Waals surface area contributed by atoms with E-state index in [9.17, 15) is 14.3 Å². The Morgan fingerprint density at radius 2 is 2.30 bits per heavy atom. The van der Waals surface area contributed by atoms with E-state index in [0.717, 1.165) is 34.1 Å². The van der Waals surface area contributed by atoms with Crippen molar-refractivity contribution in [3.05, 3.63) is 33.2 Å². The van der Waals surface area contributed by atoms with Crippen LogP contribution in [0.25, 0.3) is 10.9 Å². The van der Waals surface area contributed by atoms with Gasteiger partial charge >= 0.3 is 5.97 Å². The first-order valence-corrected chi connectivity index (χ1v) is 8.54. The summed E-state index contributed by atoms with van der Waals surface area (Å²) in [6.07, 6.45) is 1.95. The maximum absolute atomic E-state index is 14.1. The average molecular weight is 384 g/mol. The zero-order valence-corrected chi connectivity index (χ0v) is 14.7. The van der Waals surface area contributed by atoms with Gasteiger partial charge in [-0.3, -0.25) is 4.79 Å². The van der Waals surface area contributed by atoms with Gasteiger partial charge in [-0.2, -0.15) is 0 Å². The fourth-order valence-corrected chi connectivity index (χ4v) is 4.21. The molecule has 1 aliphatic rings. The van der Waals surface area contributed by atoms with Crippen LogP contribution in [0.1, 0.15) is 43.0 Å². The number of hydrogen-bond acceptors (Lipinski definition) is 2. The number of aliphatic carboxylic acids is 1. The molecule has 23 heavy (non-hydrogen) atoms. The predicted octanol–water partition coefficient (Wildman–Crippen LogP) is 4.42. The summed E-state index contributed by atoms with van der Waals surface area (Å²) in [4.78, 5) is 14.7. The van der Waals surface area contributed by atoms with E-state index in [2.05, 4.69) is 20.9 Å². The minimum absolute atomic E-state index is 0.0974. The number of halogens is 2. The quantitative estimate of drug-likeness (QED) is 0.820. The number of aromatic amines is 1. The van der Waals surface area contributed by atoms with Crippen molar-refractivity contribution in [3.8, 4) is 0 Å². The van der Waals surface area contributed by atoms with E-state index >= 15 is 0 Å². The normalized spacial score (nSPS) is 20.7. The molecule has 2 aromatic rings. The van der Waals surface area contributed by atoms with E-state index in [-0.39, 0.29) is 12.2 Å². The molecule has 1 aromatic heterocycles. The van der Waals surface area contributed by atoms with Gasteiger partial charge in [0.05, 0.1) is 28.7 Å². The Kier molecular flexibility index (Phi) is 4.23. The van der Waals surface area contributed by atoms with Gasteiger partial charge in [0.15, 0.2) is 0 Å². The minimum atomic E-state index is -0.896. The summed E-state index contributed by atoms with van der Waals surface area (Å²) in [5, 5.41) is 10.2. The van der Waals surface area contributed by atoms with Crippen LogP contribution in [-0.2, 0) is 21.6 Å². The Morgan fingerprint density at radius 1 is 1.57 bits per heavy atom. The molecule has 1 aromatic carbocycles. The Hall–Kier alpha value is -1.40. The lowest BCUT2D eigenvalue weighted by Gasteiger charge is -2.36. The van der Waals surface area contributed by atoms with Crippen LogP contribution in [0, 0.1) is 12.7 Å². The summed E-state index contributed by atoms with van der Waals surface area (Å²) in [5.41, 5.74) is 2.54. The third kappa shape index (κ3) is 2.58. The molecule has 4 nitrogen and oxygen atoms in total. The summed E-state index contributed by atoms with van der Waals surface area (Å²) >= 11 is 3.35. The summed E-state index contributed by atoms with van der Waals surface area (Å²) in [6, 6.07) is 1.48. The number of carboxylic acids is 1. The zero-order chi connectivity index (χ0) is 16.8. The van der Waals surface area contributed by atoms with Gasteiger partial charge in [-0.15, -0.1) is 0 Å². The topological polar surface area (TPSA) is 62.3 Å². The van der Waals surface area contributed by atoms with Crippen LogP contribution in [0.2, 0.25) is 0 Å². The Bertz CT molecular complexity index is 786. The van der Waals surface area contributed by atoms with Gasteiger partial charge < -0.3 is 14.8 Å². The highest BCUT2D eigenvalue weighted by atomic mass is 79.9. The minimum Gasteiger partial charge on any atom is -0.481 e. The molecule has 1 atom stereocenters. The Labute approximate surface area is 142 Å². The highest BCUT2D eigenvalue weighted by Gasteiger charge is 2.42. The molecule has 0 aliphatic carbocycles. The largest absolute Gasteiger partial charge is 0.481 e. The molecule has 1 aliphatic heterocycles. The number of aryl methyl sites for hydroxylation is 1. The smallest absolute Gasteiger partial charge is 0.306 e. The monoisotopic (exact) mass is 383 g/mol. The molecule has 124 valence electrons. The maximum Gasteiger partial charge on any atom is 0.306 e. The van der Waals surface area contributed by atoms with Crippen LogP contribution in [0.3, 0.4) is 0 Å². The van der Waals surface area contributed by atoms with Crippen molar-refractivity contribution in [1.82, 2.24) is 4.98 Å². The Morgan fingerprint density at radius 3 is 2.96 bits per heavy atom. The van der Waals surface area contributed by atoms with E-state index in [1.807, 2.05) is 13.8 Å². The molecule has 2 N–H and O–H groups in total. The van der Waals surface area contributed by atoms with E-state index in [1.165, 1.54) is 6.07 Å². The average Bonchev–Trinajstić information content (AvgIpc) is 2.86. The van der Waals surface area contributed by atoms with Crippen molar-refractivity contribution in [2.24, 2.45) is 0 Å². The second-order valence-electron chi connectivity index (χ2n) is 6.13. The number of nitrogens with one attached hydrogen (secondary N) is 1. The molecule has 3 rings (SSSR count). The maximum atomic E-state index is 14.1. The SMILES string of the molecule is CCCC1(CC(=O)O)OCCc2c1[nH]c1c(C)cc(F)c(Br)c21. The second-order valence-corrected chi connectivity index (χ2v) is 6.92. The first-order valence-electron chi connectivity index (χ1n) is 7.75. The van der Waals surface area contributed by atoms with Gasteiger partial charge in [0.1, 0.15) is 11.4 Å². The molecule has 2 heterocycles. The van der Waals surface area contributed by atoms with Crippen molar-refractivity contribution < 1.29 is 19.0 Å². The van der Waals surface area contributed by atoms with Crippen LogP contribution in [-0.4, -0.2) is 22.7 Å². The van der Waals surface area contributed by atoms with E-state index in [4.69, 9.17) is 4.74 Å². The van der Waals surface area contributed by atoms with Crippen LogP contribution in [0.4, 0.5) is 4.39 Å². The van der Waals surface area contributed by atoms with Crippen molar-refractivity contribution in [3.63, 3.8) is 0 Å². The fourth-order valence-electron chi connectivity index (χ4n) is 3.65. The molecule has 0 amide bonds. The van der Waals surface area contributed by atoms with Gasteiger partial charge in [-0.1, -0.05) is 13.3 Å². The number of ether oxygens (including phenoxy) is 1. The van der Waals surface area contributed by atoms with Gasteiger partial charge in [0.25, 0.3) is 0 Å². The van der Waals surface area contributed by atoms with Gasteiger partial charge in [0.2, 0.25) is 0 Å². The third-order valence-electron chi connectivity index (χ3n) is 4.55. The summed E-state index contributed by atoms with van der Waals surface area (Å²) in [7, 11) is 0. The van der Waals surface area contributed by atoms with Crippen LogP contribution >= 0.6 is 15.9 Å². The van der Waals surface area contributed by atoms with Crippen molar-refractivity contribution in [1.29, 1.82) is 0 Å². The van der Waals surface area contributed by atoms with E-state index in [0.29, 0.717) is 23.9 Å². The van der Waals surface area contributed by atoms with E-state index < -0.39 is 11.6 Å². The molecule has 0 bridgehead atoms. The molecule has 6 heteroatoms. The summed E-state index contributed by atoms with van der Waals surface area (Å²) < 4.78 is 20.5. The fraction of sp³-hybridized carbons (Fsp3) is 0.471. The third-order valence-corrected chi connectivity index (χ3v) is 5.32. The number of fused-ring (bicyclic) bond motifs is 3. The number of rotatable bonds is 4. The second kappa shape index (κ2) is 5.91. The van der Waals surface area contributed by atoms with Crippen LogP contribution in [0.15, 0.2) is 10.5 Å². The highest BCUT2D eigenvalue weighted by Crippen LogP contribution is 2.45. The lowest BCUT2D eigenvalue weighted by atomic mass is 9.85. The summed E-state index contributed by atoms with van der Waals surface area (Å²) in [6.45, 7) is 4.29. The number of H-pyrrole nitrogens is 1. The van der Waals surface area contributed by atoms with Crippen LogP contribution in [0.5, 0.6) is 0 Å². The number of benzene rings is 1. The number of aromatic nitrogens is 1. The molecule has 0 fully saturated rings. The lowest BCUT2D eigenvalue weighted by Crippen LogP contribution is -2.37. The van der Waals surface area contributed by atoms with Gasteiger partial charge in [-0.05, 0) is 52.9 Å². The van der Waals surface area contributed by atoms with E-state index in [1.54, 1.807) is 0 Å². The standard InChI is InChI=1S/C17H19BrFNO3/c1-3-5-17(8-12(21)22)16-10(4-6-23-17)13-14(18)11(19)7-9(2)15(13)20-16/h7,20H,3-6,8H2,1-2H3,(H,21,22). The molecule has 0 saturated carbocycles. The molecule has 0 spiro atoms. The molecular formula is C17H19BrFNO3. The molecule has 0 saturated heterocycles. The Balaban J connectivity index is 2.30. The number of carbonyl (C=O) groups is 1. The molecule has 0 radical (unpaired) electrons. The van der Waals surface area contributed by atoms with Gasteiger partial charge in [0, 0.05) is 5.39 Å². The summed E-state index contributed by atoms with van der Waals surface area (Å²) in [5.74, 6) is -1.20. The zero-order valence-electron chi connectivity index (χ0n) is 13.1. The molecule has 1 unspecified atom stereocenters. The first kappa shape index (κ1) is 16.5. The van der Waals surface area contributed by atoms with Crippen molar-refractivity contribution >= 4 is 32.8 Å². The van der Waals surface area contributed by atoms with Crippen molar-refractivity contribution in [2.45, 2.75) is 45.1 Å². The number of hydrogen-bond donors (Lipinski definition) is 2. The van der Waals surface area contributed by atoms with Gasteiger partial charge in [-0.25, -0.2) is 4.39 Å². The number of carboxylic acid groups (broad SMARTS) is 1. The van der Waals surface area contributed by atoms with Crippen LogP contribution < -0.4 is 0 Å². The molecular weight excluding hydrogens is 365 g/mol. The highest BCUT2D eigenvalue weighted by molar-refractivity contribution is 9.10. The van der Waals surface area contributed by atoms with Crippen molar-refractivity contribution in [2.75, 3.05) is 6.61 Å². The first-order chi connectivity index (χ1) is 10.9. The lowest BCUT2D eigenvalue weighted by molar-refractivity contribution is -0.149. The predicted molar refractivity (Wildman–Crippen MR) is 89.2 cm³/mol.